The number of hydrogen-bond donors (Lipinski definition) is 0. The summed E-state index contributed by atoms with van der Waals surface area (Å²) in [6.45, 7) is 2.31. The molecule has 4 heteroatoms. The van der Waals surface area contributed by atoms with Crippen LogP contribution in [0.15, 0.2) is 238 Å². The maximum Gasteiger partial charge on any atom is 0.154 e. The quantitative estimate of drug-likeness (QED) is 0.0919. The summed E-state index contributed by atoms with van der Waals surface area (Å²) in [6.07, 6.45) is 25.3. The van der Waals surface area contributed by atoms with Crippen LogP contribution in [0, 0.1) is 5.92 Å². The van der Waals surface area contributed by atoms with Gasteiger partial charge in [-0.3, -0.25) is 15.0 Å². The second kappa shape index (κ2) is 20.6. The summed E-state index contributed by atoms with van der Waals surface area (Å²) < 4.78 is 0. The highest BCUT2D eigenvalue weighted by Crippen LogP contribution is 2.46. The summed E-state index contributed by atoms with van der Waals surface area (Å²) in [5.41, 5.74) is 16.3. The van der Waals surface area contributed by atoms with E-state index >= 15 is 0 Å². The number of amidine groups is 1. The van der Waals surface area contributed by atoms with Crippen molar-refractivity contribution in [1.29, 1.82) is 0 Å². The smallest absolute Gasteiger partial charge is 0.154 e. The Kier molecular flexibility index (Phi) is 13.5. The van der Waals surface area contributed by atoms with Gasteiger partial charge in [0.05, 0.1) is 17.1 Å². The van der Waals surface area contributed by atoms with Crippen molar-refractivity contribution in [2.24, 2.45) is 25.9 Å². The molecule has 4 nitrogen and oxygen atoms in total. The van der Waals surface area contributed by atoms with Crippen molar-refractivity contribution in [2.45, 2.75) is 19.8 Å². The van der Waals surface area contributed by atoms with Crippen LogP contribution in [0.4, 0.5) is 0 Å². The summed E-state index contributed by atoms with van der Waals surface area (Å²) in [6, 6.07) is 57.5. The van der Waals surface area contributed by atoms with Gasteiger partial charge in [-0.1, -0.05) is 219 Å². The summed E-state index contributed by atoms with van der Waals surface area (Å²) in [7, 11) is 3.66. The summed E-state index contributed by atoms with van der Waals surface area (Å²) in [5.74, 6) is 1.08. The van der Waals surface area contributed by atoms with Gasteiger partial charge in [-0.2, -0.15) is 0 Å². The Morgan fingerprint density at radius 1 is 0.576 bits per heavy atom. The van der Waals surface area contributed by atoms with Gasteiger partial charge in [0.1, 0.15) is 0 Å². The first kappa shape index (κ1) is 43.2. The fourth-order valence-corrected chi connectivity index (χ4v) is 8.74. The Balaban J connectivity index is 1.10. The molecule has 0 unspecified atom stereocenters. The number of fused-ring (bicyclic) bond motifs is 3. The normalized spacial score (nSPS) is 15.7. The van der Waals surface area contributed by atoms with Crippen LogP contribution in [0.25, 0.3) is 50.9 Å². The number of rotatable bonds is 11. The topological polar surface area (TPSA) is 49.4 Å². The highest BCUT2D eigenvalue weighted by molar-refractivity contribution is 6.18. The third-order valence-corrected chi connectivity index (χ3v) is 12.1. The lowest BCUT2D eigenvalue weighted by Crippen LogP contribution is -2.08. The molecular formula is C62H52N4. The van der Waals surface area contributed by atoms with Crippen LogP contribution in [0.5, 0.6) is 0 Å². The Hall–Kier alpha value is -8.08. The Morgan fingerprint density at radius 3 is 1.94 bits per heavy atom. The molecule has 0 bridgehead atoms. The SMILES string of the molecule is CN=C(/C=C(\N=Cc1ccc(-c2c3c(c4ccccc4c2-c2ccc(C(N=C(/C=C/c4ccccc4)c4ccccc4)=NC)cc2)C=C[C@@H](C)C3)cc1)c1ccccc1)C1=CCC=CC=C1. The monoisotopic (exact) mass is 852 g/mol. The van der Waals surface area contributed by atoms with Crippen molar-refractivity contribution in [3.63, 3.8) is 0 Å². The lowest BCUT2D eigenvalue weighted by atomic mass is 9.78. The molecule has 9 rings (SSSR count). The molecule has 0 N–H and O–H groups in total. The molecule has 2 aliphatic carbocycles. The number of nitrogens with zero attached hydrogens (tertiary/aromatic N) is 4. The molecule has 0 saturated heterocycles. The van der Waals surface area contributed by atoms with Gasteiger partial charge in [-0.15, -0.1) is 0 Å². The lowest BCUT2D eigenvalue weighted by Gasteiger charge is -2.26. The van der Waals surface area contributed by atoms with Gasteiger partial charge in [0, 0.05) is 37.0 Å². The van der Waals surface area contributed by atoms with Crippen molar-refractivity contribution < 1.29 is 0 Å². The molecule has 0 aliphatic heterocycles. The second-order valence-corrected chi connectivity index (χ2v) is 16.5. The zero-order chi connectivity index (χ0) is 45.1. The second-order valence-electron chi connectivity index (χ2n) is 16.5. The van der Waals surface area contributed by atoms with Crippen LogP contribution < -0.4 is 0 Å². The van der Waals surface area contributed by atoms with E-state index in [0.29, 0.717) is 11.8 Å². The molecule has 2 aliphatic rings. The first-order valence-electron chi connectivity index (χ1n) is 22.7. The van der Waals surface area contributed by atoms with Crippen LogP contribution in [-0.4, -0.2) is 37.6 Å². The zero-order valence-electron chi connectivity index (χ0n) is 37.7. The van der Waals surface area contributed by atoms with E-state index in [1.165, 1.54) is 38.6 Å². The van der Waals surface area contributed by atoms with Crippen LogP contribution in [0.2, 0.25) is 0 Å². The number of benzene rings is 7. The van der Waals surface area contributed by atoms with E-state index in [0.717, 1.165) is 68.9 Å². The van der Waals surface area contributed by atoms with E-state index in [9.17, 15) is 0 Å². The minimum atomic E-state index is 0.412. The molecule has 7 aromatic carbocycles. The Bertz CT molecular complexity index is 3160. The molecule has 0 spiro atoms. The molecule has 0 amide bonds. The van der Waals surface area contributed by atoms with Crippen LogP contribution in [0.3, 0.4) is 0 Å². The molecule has 7 aromatic rings. The van der Waals surface area contributed by atoms with Crippen LogP contribution >= 0.6 is 0 Å². The van der Waals surface area contributed by atoms with E-state index in [2.05, 4.69) is 182 Å². The van der Waals surface area contributed by atoms with E-state index in [1.54, 1.807) is 0 Å². The van der Waals surface area contributed by atoms with Gasteiger partial charge in [0.2, 0.25) is 0 Å². The molecular weight excluding hydrogens is 801 g/mol. The summed E-state index contributed by atoms with van der Waals surface area (Å²) in [5, 5.41) is 2.49. The summed E-state index contributed by atoms with van der Waals surface area (Å²) in [4.78, 5) is 19.7. The van der Waals surface area contributed by atoms with Gasteiger partial charge in [-0.05, 0) is 91.8 Å². The average molecular weight is 853 g/mol. The predicted molar refractivity (Wildman–Crippen MR) is 284 cm³/mol. The van der Waals surface area contributed by atoms with E-state index in [4.69, 9.17) is 15.0 Å². The van der Waals surface area contributed by atoms with Crippen LogP contribution in [-0.2, 0) is 6.42 Å². The van der Waals surface area contributed by atoms with E-state index < -0.39 is 0 Å². The van der Waals surface area contributed by atoms with Gasteiger partial charge in [0.25, 0.3) is 0 Å². The first-order chi connectivity index (χ1) is 32.6. The number of allylic oxidation sites excluding steroid dienone is 9. The molecule has 0 saturated carbocycles. The van der Waals surface area contributed by atoms with Gasteiger partial charge in [0.15, 0.2) is 5.84 Å². The molecule has 320 valence electrons. The van der Waals surface area contributed by atoms with Crippen molar-refractivity contribution in [1.82, 2.24) is 0 Å². The van der Waals surface area contributed by atoms with Gasteiger partial charge < -0.3 is 0 Å². The predicted octanol–water partition coefficient (Wildman–Crippen LogP) is 14.9. The zero-order valence-corrected chi connectivity index (χ0v) is 37.7. The van der Waals surface area contributed by atoms with E-state index in [-0.39, 0.29) is 0 Å². The Labute approximate surface area is 389 Å². The standard InChI is InChI=1S/C62H52N4/c1-44-29-39-54-53-27-17-18-28-55(53)60(51-35-37-52(38-36-51)62(64-3)66-57(47-21-13-7-14-22-47)40-32-45-19-9-6-10-20-45)61(56(54)41-44)50-33-30-46(31-34-50)43-65-59(49-25-15-8-16-26-49)42-58(63-2)48-23-11-4-5-12-24-48/h4-11,13-40,42-44H,12,41H2,1-3H3/b40-32+,59-42-,63-58?,64-62?,65-43?,66-57?/t44-/m1/s1. The third-order valence-electron chi connectivity index (χ3n) is 12.1. The largest absolute Gasteiger partial charge is 0.288 e. The molecule has 0 aromatic heterocycles. The van der Waals surface area contributed by atoms with Gasteiger partial charge >= 0.3 is 0 Å². The fraction of sp³-hybridized carbons (Fsp3) is 0.0968. The minimum absolute atomic E-state index is 0.412. The first-order valence-corrected chi connectivity index (χ1v) is 22.7. The van der Waals surface area contributed by atoms with E-state index in [1.807, 2.05) is 74.9 Å². The Morgan fingerprint density at radius 2 is 1.23 bits per heavy atom. The van der Waals surface area contributed by atoms with Gasteiger partial charge in [-0.25, -0.2) is 4.99 Å². The molecule has 66 heavy (non-hydrogen) atoms. The molecule has 1 atom stereocenters. The van der Waals surface area contributed by atoms with Crippen LogP contribution in [0.1, 0.15) is 52.3 Å². The molecule has 0 heterocycles. The molecule has 0 fully saturated rings. The number of aliphatic imine (C=N–C) groups is 4. The highest BCUT2D eigenvalue weighted by atomic mass is 14.9. The van der Waals surface area contributed by atoms with Crippen molar-refractivity contribution >= 4 is 52.1 Å². The van der Waals surface area contributed by atoms with Crippen molar-refractivity contribution in [3.05, 3.63) is 257 Å². The highest BCUT2D eigenvalue weighted by Gasteiger charge is 2.24. The third kappa shape index (κ3) is 9.84. The maximum absolute atomic E-state index is 5.17. The minimum Gasteiger partial charge on any atom is -0.288 e. The fourth-order valence-electron chi connectivity index (χ4n) is 8.74. The average Bonchev–Trinajstić information content (AvgIpc) is 3.67. The van der Waals surface area contributed by atoms with Crippen molar-refractivity contribution in [2.75, 3.05) is 14.1 Å². The summed E-state index contributed by atoms with van der Waals surface area (Å²) >= 11 is 0. The maximum atomic E-state index is 5.17. The number of hydrogen-bond acceptors (Lipinski definition) is 3. The van der Waals surface area contributed by atoms with Crippen molar-refractivity contribution in [3.8, 4) is 22.3 Å². The lowest BCUT2D eigenvalue weighted by molar-refractivity contribution is 0.719. The molecule has 0 radical (unpaired) electrons.